The molecule has 0 saturated heterocycles. The Kier molecular flexibility index (Phi) is 8.31. The first-order valence-corrected chi connectivity index (χ1v) is 10.7. The third kappa shape index (κ3) is 7.45. The lowest BCUT2D eigenvalue weighted by atomic mass is 10.1. The number of carbonyl (C=O) groups excluding carboxylic acids is 2. The van der Waals surface area contributed by atoms with Gasteiger partial charge in [0, 0.05) is 13.0 Å². The Labute approximate surface area is 174 Å². The Hall–Kier alpha value is -2.98. The van der Waals surface area contributed by atoms with E-state index in [9.17, 15) is 22.4 Å². The second-order valence-electron chi connectivity index (χ2n) is 6.59. The molecule has 0 fully saturated rings. The van der Waals surface area contributed by atoms with E-state index in [1.165, 1.54) is 0 Å². The van der Waals surface area contributed by atoms with Crippen LogP contribution in [0.3, 0.4) is 0 Å². The average molecular weight is 437 g/mol. The first-order valence-electron chi connectivity index (χ1n) is 9.20. The number of hydrazine groups is 1. The van der Waals surface area contributed by atoms with Crippen LogP contribution in [-0.4, -0.2) is 33.4 Å². The molecule has 0 aliphatic carbocycles. The molecule has 0 aromatic heterocycles. The Bertz CT molecular complexity index is 994. The molecule has 0 atom stereocenters. The van der Waals surface area contributed by atoms with E-state index in [1.54, 1.807) is 6.07 Å². The molecule has 0 unspecified atom stereocenters. The van der Waals surface area contributed by atoms with E-state index in [1.807, 2.05) is 26.0 Å². The molecule has 3 N–H and O–H groups in total. The summed E-state index contributed by atoms with van der Waals surface area (Å²) in [5, 5.41) is 0. The van der Waals surface area contributed by atoms with Crippen LogP contribution in [-0.2, 0) is 19.6 Å². The van der Waals surface area contributed by atoms with Crippen LogP contribution in [0.1, 0.15) is 24.0 Å². The number of hydrogen-bond donors (Lipinski definition) is 3. The van der Waals surface area contributed by atoms with Crippen molar-refractivity contribution in [3.05, 3.63) is 59.4 Å². The van der Waals surface area contributed by atoms with E-state index in [0.717, 1.165) is 35.4 Å². The number of rotatable bonds is 9. The number of sulfonamides is 1. The van der Waals surface area contributed by atoms with Gasteiger partial charge in [0.1, 0.15) is 11.6 Å². The van der Waals surface area contributed by atoms with Crippen LogP contribution in [0.15, 0.2) is 47.4 Å². The summed E-state index contributed by atoms with van der Waals surface area (Å²) in [6.07, 6.45) is 0.200. The first kappa shape index (κ1) is 23.3. The third-order valence-corrected chi connectivity index (χ3v) is 5.66. The normalized spacial score (nSPS) is 11.0. The second-order valence-corrected chi connectivity index (χ2v) is 8.35. The van der Waals surface area contributed by atoms with Gasteiger partial charge in [-0.2, -0.15) is 0 Å². The van der Waals surface area contributed by atoms with Crippen molar-refractivity contribution < 1.29 is 27.1 Å². The Morgan fingerprint density at radius 2 is 1.63 bits per heavy atom. The van der Waals surface area contributed by atoms with Crippen LogP contribution in [0.2, 0.25) is 0 Å². The molecule has 162 valence electrons. The largest absolute Gasteiger partial charge is 0.484 e. The summed E-state index contributed by atoms with van der Waals surface area (Å²) in [4.78, 5) is 23.4. The van der Waals surface area contributed by atoms with E-state index in [0.29, 0.717) is 5.75 Å². The number of amides is 2. The molecule has 8 nitrogen and oxygen atoms in total. The minimum absolute atomic E-state index is 0.00969. The van der Waals surface area contributed by atoms with Gasteiger partial charge in [-0.1, -0.05) is 6.07 Å². The summed E-state index contributed by atoms with van der Waals surface area (Å²) < 4.78 is 44.6. The Balaban J connectivity index is 1.64. The fourth-order valence-corrected chi connectivity index (χ4v) is 3.42. The molecule has 0 aliphatic rings. The maximum Gasteiger partial charge on any atom is 0.276 e. The summed E-state index contributed by atoms with van der Waals surface area (Å²) in [6.45, 7) is 3.65. The molecule has 0 aliphatic heterocycles. The molecule has 2 aromatic rings. The van der Waals surface area contributed by atoms with Crippen LogP contribution in [0.5, 0.6) is 5.75 Å². The van der Waals surface area contributed by atoms with Crippen LogP contribution >= 0.6 is 0 Å². The number of benzene rings is 2. The van der Waals surface area contributed by atoms with Gasteiger partial charge in [-0.3, -0.25) is 20.4 Å². The van der Waals surface area contributed by atoms with E-state index in [4.69, 9.17) is 4.74 Å². The molecule has 30 heavy (non-hydrogen) atoms. The minimum Gasteiger partial charge on any atom is -0.484 e. The van der Waals surface area contributed by atoms with Gasteiger partial charge in [-0.15, -0.1) is 0 Å². The smallest absolute Gasteiger partial charge is 0.276 e. The van der Waals surface area contributed by atoms with Crippen LogP contribution in [0.4, 0.5) is 4.39 Å². The van der Waals surface area contributed by atoms with Crippen LogP contribution < -0.4 is 20.3 Å². The van der Waals surface area contributed by atoms with Crippen LogP contribution in [0, 0.1) is 19.7 Å². The number of carbonyl (C=O) groups is 2. The molecule has 0 heterocycles. The summed E-state index contributed by atoms with van der Waals surface area (Å²) in [7, 11) is -3.77. The quantitative estimate of drug-likeness (QED) is 0.408. The fraction of sp³-hybridized carbons (Fsp3) is 0.300. The summed E-state index contributed by atoms with van der Waals surface area (Å²) >= 11 is 0. The Morgan fingerprint density at radius 1 is 0.967 bits per heavy atom. The molecule has 2 amide bonds. The summed E-state index contributed by atoms with van der Waals surface area (Å²) in [5.74, 6) is -0.992. The number of aryl methyl sites for hydroxylation is 2. The lowest BCUT2D eigenvalue weighted by molar-refractivity contribution is -0.130. The van der Waals surface area contributed by atoms with Gasteiger partial charge >= 0.3 is 0 Å². The SMILES string of the molecule is Cc1ccc(OCC(=O)NNC(=O)CCCNS(=O)(=O)c2ccc(F)cc2)cc1C. The standard InChI is InChI=1S/C20H24FN3O5S/c1-14-5-8-17(12-15(14)2)29-13-20(26)24-23-19(25)4-3-11-22-30(27,28)18-9-6-16(21)7-10-18/h5-10,12,22H,3-4,11,13H2,1-2H3,(H,23,25)(H,24,26). The summed E-state index contributed by atoms with van der Waals surface area (Å²) in [5.41, 5.74) is 6.62. The highest BCUT2D eigenvalue weighted by molar-refractivity contribution is 7.89. The molecule has 0 spiro atoms. The highest BCUT2D eigenvalue weighted by Crippen LogP contribution is 2.16. The van der Waals surface area contributed by atoms with Crippen LogP contribution in [0.25, 0.3) is 0 Å². The molecule has 10 heteroatoms. The maximum atomic E-state index is 12.9. The predicted molar refractivity (Wildman–Crippen MR) is 109 cm³/mol. The van der Waals surface area contributed by atoms with Crippen molar-refractivity contribution in [3.8, 4) is 5.75 Å². The van der Waals surface area contributed by atoms with Gasteiger partial charge in [-0.05, 0) is 67.8 Å². The average Bonchev–Trinajstić information content (AvgIpc) is 2.71. The van der Waals surface area contributed by atoms with Gasteiger partial charge in [0.15, 0.2) is 6.61 Å². The van der Waals surface area contributed by atoms with Gasteiger partial charge in [-0.25, -0.2) is 17.5 Å². The van der Waals surface area contributed by atoms with Crippen molar-refractivity contribution in [1.29, 1.82) is 0 Å². The molecule has 2 aromatic carbocycles. The lowest BCUT2D eigenvalue weighted by Crippen LogP contribution is -2.44. The number of hydrogen-bond acceptors (Lipinski definition) is 5. The number of nitrogens with one attached hydrogen (secondary N) is 3. The molecular formula is C20H24FN3O5S. The zero-order valence-electron chi connectivity index (χ0n) is 16.7. The third-order valence-electron chi connectivity index (χ3n) is 4.19. The van der Waals surface area contributed by atoms with Crippen molar-refractivity contribution >= 4 is 21.8 Å². The molecule has 0 radical (unpaired) electrons. The second kappa shape index (κ2) is 10.7. The van der Waals surface area contributed by atoms with Crippen molar-refractivity contribution in [1.82, 2.24) is 15.6 Å². The predicted octanol–water partition coefficient (Wildman–Crippen LogP) is 1.73. The topological polar surface area (TPSA) is 114 Å². The van der Waals surface area contributed by atoms with Gasteiger partial charge in [0.25, 0.3) is 5.91 Å². The molecule has 0 bridgehead atoms. The fourth-order valence-electron chi connectivity index (χ4n) is 2.34. The zero-order chi connectivity index (χ0) is 22.1. The number of halogens is 1. The first-order chi connectivity index (χ1) is 14.2. The highest BCUT2D eigenvalue weighted by Gasteiger charge is 2.13. The molecule has 2 rings (SSSR count). The minimum atomic E-state index is -3.77. The van der Waals surface area contributed by atoms with E-state index < -0.39 is 27.7 Å². The van der Waals surface area contributed by atoms with E-state index >= 15 is 0 Å². The Morgan fingerprint density at radius 3 is 2.30 bits per heavy atom. The van der Waals surface area contributed by atoms with E-state index in [-0.39, 0.29) is 30.9 Å². The van der Waals surface area contributed by atoms with Gasteiger partial charge < -0.3 is 4.74 Å². The van der Waals surface area contributed by atoms with Crippen molar-refractivity contribution in [2.75, 3.05) is 13.2 Å². The lowest BCUT2D eigenvalue weighted by Gasteiger charge is -2.10. The number of ether oxygens (including phenoxy) is 1. The van der Waals surface area contributed by atoms with E-state index in [2.05, 4.69) is 15.6 Å². The molecule has 0 saturated carbocycles. The van der Waals surface area contributed by atoms with Crippen molar-refractivity contribution in [2.45, 2.75) is 31.6 Å². The summed E-state index contributed by atoms with van der Waals surface area (Å²) in [6, 6.07) is 9.85. The van der Waals surface area contributed by atoms with Crippen molar-refractivity contribution in [2.24, 2.45) is 0 Å². The highest BCUT2D eigenvalue weighted by atomic mass is 32.2. The van der Waals surface area contributed by atoms with Gasteiger partial charge in [0.05, 0.1) is 4.90 Å². The molecular weight excluding hydrogens is 413 g/mol. The monoisotopic (exact) mass is 437 g/mol. The van der Waals surface area contributed by atoms with Crippen molar-refractivity contribution in [3.63, 3.8) is 0 Å². The van der Waals surface area contributed by atoms with Gasteiger partial charge in [0.2, 0.25) is 15.9 Å². The zero-order valence-corrected chi connectivity index (χ0v) is 17.5. The maximum absolute atomic E-state index is 12.9.